The first-order chi connectivity index (χ1) is 14.5. The maximum atomic E-state index is 14.1. The number of aromatic nitrogens is 3. The second-order valence-corrected chi connectivity index (χ2v) is 8.78. The first kappa shape index (κ1) is 20.1. The minimum Gasteiger partial charge on any atom is -0.461 e. The molecule has 3 fully saturated rings. The van der Waals surface area contributed by atoms with Crippen LogP contribution < -0.4 is 9.64 Å². The largest absolute Gasteiger partial charge is 0.461 e. The molecule has 162 valence electrons. The van der Waals surface area contributed by atoms with Crippen LogP contribution in [0.15, 0.2) is 12.3 Å². The van der Waals surface area contributed by atoms with Crippen molar-refractivity contribution in [3.05, 3.63) is 17.4 Å². The molecule has 2 aromatic rings. The van der Waals surface area contributed by atoms with Crippen LogP contribution in [0.5, 0.6) is 6.01 Å². The zero-order chi connectivity index (χ0) is 20.7. The van der Waals surface area contributed by atoms with Crippen LogP contribution >= 0.6 is 11.6 Å². The third-order valence-electron chi connectivity index (χ3n) is 6.28. The van der Waals surface area contributed by atoms with Gasteiger partial charge in [-0.2, -0.15) is 9.97 Å². The molecule has 0 spiro atoms. The Labute approximate surface area is 179 Å². The van der Waals surface area contributed by atoms with E-state index in [4.69, 9.17) is 21.1 Å². The molecule has 10 heteroatoms. The van der Waals surface area contributed by atoms with Crippen LogP contribution in [0, 0.1) is 0 Å². The summed E-state index contributed by atoms with van der Waals surface area (Å²) in [6.45, 7) is 3.46. The van der Waals surface area contributed by atoms with Gasteiger partial charge in [0.1, 0.15) is 23.7 Å². The van der Waals surface area contributed by atoms with Crippen LogP contribution in [0.1, 0.15) is 19.3 Å². The Morgan fingerprint density at radius 3 is 3.13 bits per heavy atom. The minimum atomic E-state index is -0.814. The molecule has 8 nitrogen and oxygen atoms in total. The van der Waals surface area contributed by atoms with Gasteiger partial charge in [0.15, 0.2) is 0 Å². The summed E-state index contributed by atoms with van der Waals surface area (Å²) >= 11 is 6.09. The molecule has 3 aliphatic rings. The molecule has 0 amide bonds. The topological polar surface area (TPSA) is 83.8 Å². The van der Waals surface area contributed by atoms with Crippen LogP contribution in [0.2, 0.25) is 5.15 Å². The van der Waals surface area contributed by atoms with E-state index in [-0.39, 0.29) is 18.2 Å². The van der Waals surface area contributed by atoms with Gasteiger partial charge in [-0.05, 0) is 19.4 Å². The number of aliphatic hydroxyl groups excluding tert-OH is 1. The lowest BCUT2D eigenvalue weighted by Crippen LogP contribution is -2.43. The second-order valence-electron chi connectivity index (χ2n) is 8.39. The molecule has 2 aromatic heterocycles. The predicted molar refractivity (Wildman–Crippen MR) is 110 cm³/mol. The van der Waals surface area contributed by atoms with Gasteiger partial charge in [-0.1, -0.05) is 11.6 Å². The summed E-state index contributed by atoms with van der Waals surface area (Å²) in [5.41, 5.74) is 0.339. The van der Waals surface area contributed by atoms with Gasteiger partial charge in [-0.15, -0.1) is 0 Å². The fourth-order valence-electron chi connectivity index (χ4n) is 4.90. The van der Waals surface area contributed by atoms with Crippen LogP contribution in [0.25, 0.3) is 10.9 Å². The van der Waals surface area contributed by atoms with Gasteiger partial charge in [0, 0.05) is 38.3 Å². The number of ether oxygens (including phenoxy) is 2. The normalized spacial score (nSPS) is 29.9. The fraction of sp³-hybridized carbons (Fsp3) is 0.650. The van der Waals surface area contributed by atoms with Crippen molar-refractivity contribution >= 4 is 28.3 Å². The number of aliphatic hydroxyl groups is 1. The molecule has 0 radical (unpaired) electrons. The fourth-order valence-corrected chi connectivity index (χ4v) is 5.05. The Bertz CT molecular complexity index is 937. The predicted octanol–water partition coefficient (Wildman–Crippen LogP) is 1.83. The van der Waals surface area contributed by atoms with E-state index in [0.717, 1.165) is 24.8 Å². The van der Waals surface area contributed by atoms with Gasteiger partial charge in [0.2, 0.25) is 0 Å². The van der Waals surface area contributed by atoms with Crippen molar-refractivity contribution in [1.82, 2.24) is 19.9 Å². The number of alkyl halides is 1. The smallest absolute Gasteiger partial charge is 0.319 e. The highest BCUT2D eigenvalue weighted by atomic mass is 35.5. The summed E-state index contributed by atoms with van der Waals surface area (Å²) in [4.78, 5) is 17.5. The van der Waals surface area contributed by atoms with E-state index in [0.29, 0.717) is 55.8 Å². The van der Waals surface area contributed by atoms with E-state index < -0.39 is 12.3 Å². The van der Waals surface area contributed by atoms with Crippen molar-refractivity contribution in [2.24, 2.45) is 0 Å². The lowest BCUT2D eigenvalue weighted by molar-refractivity contribution is 0.0597. The SMILES string of the molecule is O[C@@H]1COCCN(c2nc(OC[C@@]34CCCN3C[C@H](F)C4)nc3cc(Cl)ncc23)C1. The number of hydrogen-bond acceptors (Lipinski definition) is 8. The van der Waals surface area contributed by atoms with E-state index in [9.17, 15) is 9.50 Å². The summed E-state index contributed by atoms with van der Waals surface area (Å²) in [5, 5.41) is 11.2. The number of rotatable bonds is 4. The van der Waals surface area contributed by atoms with E-state index in [1.165, 1.54) is 0 Å². The van der Waals surface area contributed by atoms with Crippen molar-refractivity contribution < 1.29 is 19.0 Å². The average Bonchev–Trinajstić information content (AvgIpc) is 3.14. The lowest BCUT2D eigenvalue weighted by Gasteiger charge is -2.31. The third kappa shape index (κ3) is 3.79. The molecule has 1 N–H and O–H groups in total. The Morgan fingerprint density at radius 2 is 2.23 bits per heavy atom. The lowest BCUT2D eigenvalue weighted by atomic mass is 9.95. The molecular weight excluding hydrogens is 413 g/mol. The summed E-state index contributed by atoms with van der Waals surface area (Å²) in [6, 6.07) is 1.90. The van der Waals surface area contributed by atoms with E-state index in [2.05, 4.69) is 19.9 Å². The molecule has 5 heterocycles. The summed E-state index contributed by atoms with van der Waals surface area (Å²) in [7, 11) is 0. The first-order valence-electron chi connectivity index (χ1n) is 10.4. The first-order valence-corrected chi connectivity index (χ1v) is 10.8. The third-order valence-corrected chi connectivity index (χ3v) is 6.49. The van der Waals surface area contributed by atoms with E-state index >= 15 is 0 Å². The second kappa shape index (κ2) is 8.03. The van der Waals surface area contributed by atoms with Gasteiger partial charge in [0.25, 0.3) is 0 Å². The number of fused-ring (bicyclic) bond motifs is 2. The van der Waals surface area contributed by atoms with Crippen molar-refractivity contribution in [1.29, 1.82) is 0 Å². The zero-order valence-corrected chi connectivity index (χ0v) is 17.4. The molecular formula is C20H25ClFN5O3. The van der Waals surface area contributed by atoms with Crippen LogP contribution in [0.4, 0.5) is 10.2 Å². The number of pyridine rings is 1. The van der Waals surface area contributed by atoms with Gasteiger partial charge in [-0.3, -0.25) is 4.90 Å². The Kier molecular flexibility index (Phi) is 5.38. The number of anilines is 1. The van der Waals surface area contributed by atoms with Gasteiger partial charge in [0.05, 0.1) is 35.8 Å². The quantitative estimate of drug-likeness (QED) is 0.725. The number of β-amino-alcohol motifs (C(OH)–C–C–N with tert-alkyl or cyclic N) is 1. The molecule has 3 saturated heterocycles. The minimum absolute atomic E-state index is 0.225. The average molecular weight is 438 g/mol. The van der Waals surface area contributed by atoms with E-state index in [1.54, 1.807) is 12.3 Å². The van der Waals surface area contributed by atoms with Crippen LogP contribution in [0.3, 0.4) is 0 Å². The van der Waals surface area contributed by atoms with Gasteiger partial charge >= 0.3 is 6.01 Å². The Morgan fingerprint density at radius 1 is 1.33 bits per heavy atom. The van der Waals surface area contributed by atoms with Crippen LogP contribution in [-0.2, 0) is 4.74 Å². The monoisotopic (exact) mass is 437 g/mol. The van der Waals surface area contributed by atoms with Crippen molar-refractivity contribution in [3.63, 3.8) is 0 Å². The maximum absolute atomic E-state index is 14.1. The number of nitrogens with zero attached hydrogens (tertiary/aromatic N) is 5. The highest BCUT2D eigenvalue weighted by molar-refractivity contribution is 6.30. The highest BCUT2D eigenvalue weighted by Crippen LogP contribution is 2.40. The molecule has 0 aliphatic carbocycles. The van der Waals surface area contributed by atoms with Crippen molar-refractivity contribution in [2.75, 3.05) is 50.9 Å². The summed E-state index contributed by atoms with van der Waals surface area (Å²) in [6.07, 6.45) is 2.65. The number of halogens is 2. The highest BCUT2D eigenvalue weighted by Gasteiger charge is 2.49. The Hall–Kier alpha value is -1.81. The molecule has 0 bridgehead atoms. The zero-order valence-electron chi connectivity index (χ0n) is 16.6. The number of hydrogen-bond donors (Lipinski definition) is 1. The molecule has 0 unspecified atom stereocenters. The van der Waals surface area contributed by atoms with Gasteiger partial charge < -0.3 is 19.5 Å². The summed E-state index contributed by atoms with van der Waals surface area (Å²) < 4.78 is 25.6. The Balaban J connectivity index is 1.46. The molecule has 0 saturated carbocycles. The van der Waals surface area contributed by atoms with Gasteiger partial charge in [-0.25, -0.2) is 9.37 Å². The molecule has 3 atom stereocenters. The molecule has 3 aliphatic heterocycles. The van der Waals surface area contributed by atoms with Crippen molar-refractivity contribution in [3.8, 4) is 6.01 Å². The van der Waals surface area contributed by atoms with E-state index in [1.807, 2.05) is 4.90 Å². The van der Waals surface area contributed by atoms with Crippen molar-refractivity contribution in [2.45, 2.75) is 37.1 Å². The standard InChI is InChI=1S/C20H25ClFN5O3/c21-17-6-16-15(8-23-17)18(26-4-5-29-11-14(28)10-26)25-19(24-16)30-12-20-2-1-3-27(20)9-13(22)7-20/h6,8,13-14,28H,1-5,7,9-12H2/t13-,14+,20+/m1/s1. The molecule has 5 rings (SSSR count). The maximum Gasteiger partial charge on any atom is 0.319 e. The summed E-state index contributed by atoms with van der Waals surface area (Å²) in [5.74, 6) is 0.624. The van der Waals surface area contributed by atoms with Crippen LogP contribution in [-0.4, -0.2) is 88.8 Å². The molecule has 30 heavy (non-hydrogen) atoms. The molecule has 0 aromatic carbocycles.